The molecule has 1 saturated carbocycles. The predicted octanol–water partition coefficient (Wildman–Crippen LogP) is 1.35. The average molecular weight is 222 g/mol. The van der Waals surface area contributed by atoms with E-state index in [0.29, 0.717) is 5.92 Å². The van der Waals surface area contributed by atoms with Crippen molar-refractivity contribution in [1.29, 1.82) is 0 Å². The molecule has 2 rings (SSSR count). The van der Waals surface area contributed by atoms with Crippen LogP contribution in [0.4, 0.5) is 4.39 Å². The van der Waals surface area contributed by atoms with Crippen LogP contribution in [0.2, 0.25) is 0 Å². The second-order valence-electron chi connectivity index (χ2n) is 4.24. The number of nitrogens with one attached hydrogen (secondary N) is 1. The molecule has 0 aromatic heterocycles. The second kappa shape index (κ2) is 4.61. The van der Waals surface area contributed by atoms with Crippen molar-refractivity contribution in [1.82, 2.24) is 5.32 Å². The van der Waals surface area contributed by atoms with Crippen molar-refractivity contribution in [2.45, 2.75) is 18.9 Å². The first-order chi connectivity index (χ1) is 7.66. The van der Waals surface area contributed by atoms with Gasteiger partial charge in [-0.1, -0.05) is 12.1 Å². The number of hydrogen-bond acceptors (Lipinski definition) is 2. The molecule has 1 aromatic carbocycles. The highest BCUT2D eigenvalue weighted by Crippen LogP contribution is 2.28. The van der Waals surface area contributed by atoms with Crippen LogP contribution in [0.25, 0.3) is 0 Å². The minimum Gasteiger partial charge on any atom is -0.368 e. The van der Waals surface area contributed by atoms with Crippen molar-refractivity contribution in [3.05, 3.63) is 35.6 Å². The zero-order valence-electron chi connectivity index (χ0n) is 8.95. The van der Waals surface area contributed by atoms with Crippen molar-refractivity contribution >= 4 is 5.91 Å². The fraction of sp³-hybridized carbons (Fsp3) is 0.417. The molecule has 0 heterocycles. The summed E-state index contributed by atoms with van der Waals surface area (Å²) in [5, 5.41) is 3.12. The summed E-state index contributed by atoms with van der Waals surface area (Å²) in [6.07, 6.45) is 2.42. The van der Waals surface area contributed by atoms with Gasteiger partial charge in [-0.25, -0.2) is 4.39 Å². The Morgan fingerprint density at radius 1 is 1.44 bits per heavy atom. The highest BCUT2D eigenvalue weighted by molar-refractivity contribution is 5.81. The lowest BCUT2D eigenvalue weighted by molar-refractivity contribution is -0.120. The molecule has 4 heteroatoms. The maximum absolute atomic E-state index is 12.7. The van der Waals surface area contributed by atoms with Gasteiger partial charge in [0.25, 0.3) is 0 Å². The normalized spacial score (nSPS) is 17.1. The van der Waals surface area contributed by atoms with Gasteiger partial charge >= 0.3 is 0 Å². The van der Waals surface area contributed by atoms with E-state index in [0.717, 1.165) is 12.1 Å². The van der Waals surface area contributed by atoms with Crippen molar-refractivity contribution < 1.29 is 9.18 Å². The zero-order valence-corrected chi connectivity index (χ0v) is 8.95. The quantitative estimate of drug-likeness (QED) is 0.790. The Kier molecular flexibility index (Phi) is 3.19. The van der Waals surface area contributed by atoms with E-state index in [2.05, 4.69) is 5.32 Å². The Morgan fingerprint density at radius 3 is 2.56 bits per heavy atom. The number of hydrogen-bond donors (Lipinski definition) is 2. The Hall–Kier alpha value is -1.42. The number of carbonyl (C=O) groups excluding carboxylic acids is 1. The number of primary amides is 1. The van der Waals surface area contributed by atoms with Gasteiger partial charge < -0.3 is 11.1 Å². The van der Waals surface area contributed by atoms with Crippen molar-refractivity contribution in [3.8, 4) is 0 Å². The first kappa shape index (κ1) is 11.1. The topological polar surface area (TPSA) is 55.1 Å². The smallest absolute Gasteiger partial charge is 0.239 e. The fourth-order valence-corrected chi connectivity index (χ4v) is 1.64. The van der Waals surface area contributed by atoms with Gasteiger partial charge in [0.1, 0.15) is 11.9 Å². The highest BCUT2D eigenvalue weighted by Gasteiger charge is 2.24. The Balaban J connectivity index is 2.04. The van der Waals surface area contributed by atoms with Gasteiger partial charge in [-0.15, -0.1) is 0 Å². The van der Waals surface area contributed by atoms with Crippen LogP contribution in [0.1, 0.15) is 24.4 Å². The molecule has 1 unspecified atom stereocenters. The maximum atomic E-state index is 12.7. The van der Waals surface area contributed by atoms with E-state index in [9.17, 15) is 9.18 Å². The van der Waals surface area contributed by atoms with Crippen LogP contribution in [0.5, 0.6) is 0 Å². The number of rotatable bonds is 5. The lowest BCUT2D eigenvalue weighted by atomic mass is 10.1. The van der Waals surface area contributed by atoms with Gasteiger partial charge in [-0.3, -0.25) is 4.79 Å². The molecule has 1 fully saturated rings. The fourth-order valence-electron chi connectivity index (χ4n) is 1.64. The van der Waals surface area contributed by atoms with E-state index in [1.807, 2.05) is 0 Å². The summed E-state index contributed by atoms with van der Waals surface area (Å²) in [6, 6.07) is 5.34. The Labute approximate surface area is 93.8 Å². The number of halogens is 1. The summed E-state index contributed by atoms with van der Waals surface area (Å²) in [5.74, 6) is -0.0660. The third-order valence-electron chi connectivity index (χ3n) is 2.80. The molecule has 0 aliphatic heterocycles. The van der Waals surface area contributed by atoms with Crippen LogP contribution in [-0.4, -0.2) is 12.5 Å². The van der Waals surface area contributed by atoms with E-state index < -0.39 is 11.9 Å². The molecule has 86 valence electrons. The molecule has 1 atom stereocenters. The van der Waals surface area contributed by atoms with E-state index in [4.69, 9.17) is 5.73 Å². The summed E-state index contributed by atoms with van der Waals surface area (Å²) in [6.45, 7) is 0.797. The summed E-state index contributed by atoms with van der Waals surface area (Å²) >= 11 is 0. The first-order valence-corrected chi connectivity index (χ1v) is 5.45. The molecular weight excluding hydrogens is 207 g/mol. The van der Waals surface area contributed by atoms with Crippen LogP contribution in [0.3, 0.4) is 0 Å². The van der Waals surface area contributed by atoms with E-state index in [1.165, 1.54) is 25.0 Å². The van der Waals surface area contributed by atoms with Crippen LogP contribution >= 0.6 is 0 Å². The molecular formula is C12H15FN2O. The van der Waals surface area contributed by atoms with E-state index in [1.54, 1.807) is 12.1 Å². The van der Waals surface area contributed by atoms with Crippen molar-refractivity contribution in [2.24, 2.45) is 11.7 Å². The van der Waals surface area contributed by atoms with E-state index in [-0.39, 0.29) is 5.82 Å². The van der Waals surface area contributed by atoms with E-state index >= 15 is 0 Å². The molecule has 1 aromatic rings. The molecule has 0 bridgehead atoms. The van der Waals surface area contributed by atoms with Crippen molar-refractivity contribution in [3.63, 3.8) is 0 Å². The number of nitrogens with two attached hydrogens (primary N) is 1. The summed E-state index contributed by atoms with van der Waals surface area (Å²) in [4.78, 5) is 11.3. The Bertz CT molecular complexity index is 373. The molecule has 1 aliphatic rings. The predicted molar refractivity (Wildman–Crippen MR) is 59.1 cm³/mol. The molecule has 0 saturated heterocycles. The summed E-state index contributed by atoms with van der Waals surface area (Å²) < 4.78 is 12.7. The van der Waals surface area contributed by atoms with Crippen LogP contribution in [0.15, 0.2) is 24.3 Å². The number of benzene rings is 1. The number of carbonyl (C=O) groups is 1. The third kappa shape index (κ3) is 2.79. The highest BCUT2D eigenvalue weighted by atomic mass is 19.1. The van der Waals surface area contributed by atoms with Crippen molar-refractivity contribution in [2.75, 3.05) is 6.54 Å². The molecule has 16 heavy (non-hydrogen) atoms. The lowest BCUT2D eigenvalue weighted by Gasteiger charge is -2.15. The molecule has 0 spiro atoms. The summed E-state index contributed by atoms with van der Waals surface area (Å²) in [5.41, 5.74) is 6.04. The Morgan fingerprint density at radius 2 is 2.06 bits per heavy atom. The maximum Gasteiger partial charge on any atom is 0.239 e. The molecule has 3 nitrogen and oxygen atoms in total. The molecule has 1 aliphatic carbocycles. The number of amides is 1. The second-order valence-corrected chi connectivity index (χ2v) is 4.24. The monoisotopic (exact) mass is 222 g/mol. The standard InChI is InChI=1S/C12H15FN2O/c13-10-5-3-9(4-6-10)11(12(14)16)15-7-8-1-2-8/h3-6,8,11,15H,1-2,7H2,(H2,14,16). The van der Waals surface area contributed by atoms with Crippen LogP contribution < -0.4 is 11.1 Å². The van der Waals surface area contributed by atoms with Gasteiger partial charge in [-0.05, 0) is 43.0 Å². The minimum atomic E-state index is -0.513. The largest absolute Gasteiger partial charge is 0.368 e. The van der Waals surface area contributed by atoms with Crippen LogP contribution in [-0.2, 0) is 4.79 Å². The molecule has 0 radical (unpaired) electrons. The molecule has 1 amide bonds. The van der Waals surface area contributed by atoms with Crippen LogP contribution in [0, 0.1) is 11.7 Å². The SMILES string of the molecule is NC(=O)C(NCC1CC1)c1ccc(F)cc1. The van der Waals surface area contributed by atoms with Gasteiger partial charge in [0, 0.05) is 0 Å². The van der Waals surface area contributed by atoms with Gasteiger partial charge in [0.2, 0.25) is 5.91 Å². The van der Waals surface area contributed by atoms with Gasteiger partial charge in [0.05, 0.1) is 0 Å². The first-order valence-electron chi connectivity index (χ1n) is 5.45. The third-order valence-corrected chi connectivity index (χ3v) is 2.80. The zero-order chi connectivity index (χ0) is 11.5. The van der Waals surface area contributed by atoms with Gasteiger partial charge in [-0.2, -0.15) is 0 Å². The minimum absolute atomic E-state index is 0.311. The molecule has 3 N–H and O–H groups in total. The lowest BCUT2D eigenvalue weighted by Crippen LogP contribution is -2.34. The average Bonchev–Trinajstić information content (AvgIpc) is 3.04. The van der Waals surface area contributed by atoms with Gasteiger partial charge in [0.15, 0.2) is 0 Å². The summed E-state index contributed by atoms with van der Waals surface area (Å²) in [7, 11) is 0.